The first-order valence-corrected chi connectivity index (χ1v) is 18.7. The molecule has 1 saturated heterocycles. The van der Waals surface area contributed by atoms with Crippen LogP contribution in [0.5, 0.6) is 5.75 Å². The number of aryl methyl sites for hydroxylation is 2. The molecule has 0 bridgehead atoms. The maximum absolute atomic E-state index is 14.3. The van der Waals surface area contributed by atoms with Gasteiger partial charge in [-0.15, -0.1) is 11.3 Å². The summed E-state index contributed by atoms with van der Waals surface area (Å²) in [6, 6.07) is 19.3. The summed E-state index contributed by atoms with van der Waals surface area (Å²) in [6.45, 7) is 0.705. The van der Waals surface area contributed by atoms with Crippen LogP contribution >= 0.6 is 11.3 Å². The highest BCUT2D eigenvalue weighted by Gasteiger charge is 2.44. The maximum Gasteiger partial charge on any atom is 0.439 e. The Kier molecular flexibility index (Phi) is 7.13. The van der Waals surface area contributed by atoms with Crippen LogP contribution < -0.4 is 15.8 Å². The molecular formula is C40H36N6O4S. The van der Waals surface area contributed by atoms with E-state index in [9.17, 15) is 9.59 Å². The number of aromatic nitrogens is 4. The second-order valence-corrected chi connectivity index (χ2v) is 15.2. The molecule has 11 heteroatoms. The van der Waals surface area contributed by atoms with Crippen molar-refractivity contribution in [3.63, 3.8) is 0 Å². The summed E-state index contributed by atoms with van der Waals surface area (Å²) in [6.07, 6.45) is 9.43. The summed E-state index contributed by atoms with van der Waals surface area (Å²) in [5.41, 5.74) is 8.71. The number of thiophene rings is 1. The molecule has 4 aromatic heterocycles. The SMILES string of the molecule is COc1cccc2c1CC[C@H]2Nc1nccc2cc(-c3c4c(nc(CCc5ccc(C6CC6)cc5)c3-c3noc(=O)[nH]3)[C@@H]3CCCN3C4=O)sc12. The van der Waals surface area contributed by atoms with Crippen molar-refractivity contribution in [2.45, 2.75) is 69.4 Å². The number of anilines is 1. The number of fused-ring (bicyclic) bond motifs is 5. The number of hydrogen-bond donors (Lipinski definition) is 2. The fraction of sp³-hybridized carbons (Fsp3) is 0.325. The number of benzene rings is 2. The summed E-state index contributed by atoms with van der Waals surface area (Å²) < 4.78 is 11.7. The van der Waals surface area contributed by atoms with E-state index >= 15 is 0 Å². The molecule has 2 fully saturated rings. The van der Waals surface area contributed by atoms with Crippen LogP contribution in [-0.2, 0) is 19.3 Å². The third kappa shape index (κ3) is 5.08. The van der Waals surface area contributed by atoms with Crippen LogP contribution in [0.3, 0.4) is 0 Å². The number of rotatable bonds is 9. The van der Waals surface area contributed by atoms with E-state index in [0.717, 1.165) is 75.6 Å². The van der Waals surface area contributed by atoms with Crippen molar-refractivity contribution in [1.29, 1.82) is 0 Å². The van der Waals surface area contributed by atoms with Crippen LogP contribution in [0.4, 0.5) is 5.82 Å². The molecule has 6 heterocycles. The van der Waals surface area contributed by atoms with E-state index in [1.54, 1.807) is 18.4 Å². The number of hydrogen-bond acceptors (Lipinski definition) is 9. The van der Waals surface area contributed by atoms with Gasteiger partial charge in [0.2, 0.25) is 0 Å². The standard InChI is InChI=1S/C40H36N6O4S/c1-49-30-6-2-4-25-26(30)14-16-27(25)43-38-36-24(17-18-41-38)20-31(51-36)33-32(37-44-40(48)50-45-37)28(15-9-21-7-10-22(11-8-21)23-12-13-23)42-35-29-5-3-19-46(29)39(47)34(33)35/h2,4,6-8,10-11,17-18,20,23,27,29H,3,5,9,12-16,19H2,1H3,(H,41,43)(H,44,45,48)/t27-,29+/m1/s1. The first kappa shape index (κ1) is 30.5. The van der Waals surface area contributed by atoms with E-state index < -0.39 is 5.76 Å². The molecule has 1 amide bonds. The highest BCUT2D eigenvalue weighted by atomic mass is 32.1. The van der Waals surface area contributed by atoms with Crippen molar-refractivity contribution >= 4 is 33.1 Å². The number of pyridine rings is 2. The summed E-state index contributed by atoms with van der Waals surface area (Å²) in [4.78, 5) is 42.4. The summed E-state index contributed by atoms with van der Waals surface area (Å²) in [5, 5.41) is 8.95. The number of ether oxygens (including phenoxy) is 1. The Morgan fingerprint density at radius 3 is 2.71 bits per heavy atom. The third-order valence-electron chi connectivity index (χ3n) is 11.1. The molecule has 4 aliphatic rings. The molecular weight excluding hydrogens is 661 g/mol. The molecule has 2 atom stereocenters. The second kappa shape index (κ2) is 11.9. The van der Waals surface area contributed by atoms with Crippen molar-refractivity contribution in [3.8, 4) is 27.6 Å². The number of nitrogens with one attached hydrogen (secondary N) is 2. The van der Waals surface area contributed by atoms with Crippen LogP contribution in [0, 0.1) is 0 Å². The zero-order valence-corrected chi connectivity index (χ0v) is 29.0. The highest BCUT2D eigenvalue weighted by molar-refractivity contribution is 7.23. The second-order valence-electron chi connectivity index (χ2n) is 14.1. The van der Waals surface area contributed by atoms with Crippen LogP contribution in [0.15, 0.2) is 70.1 Å². The van der Waals surface area contributed by atoms with Crippen molar-refractivity contribution in [2.24, 2.45) is 0 Å². The lowest BCUT2D eigenvalue weighted by Gasteiger charge is -2.17. The number of nitrogens with zero attached hydrogens (tertiary/aromatic N) is 4. The molecule has 6 aromatic rings. The number of methoxy groups -OCH3 is 1. The van der Waals surface area contributed by atoms with Crippen molar-refractivity contribution in [3.05, 3.63) is 111 Å². The van der Waals surface area contributed by atoms with Gasteiger partial charge in [0.15, 0.2) is 5.82 Å². The number of amides is 1. The number of H-pyrrole nitrogens is 1. The van der Waals surface area contributed by atoms with Crippen molar-refractivity contribution in [1.82, 2.24) is 25.0 Å². The van der Waals surface area contributed by atoms with Crippen LogP contribution in [0.2, 0.25) is 0 Å². The fourth-order valence-corrected chi connectivity index (χ4v) is 9.69. The molecule has 2 aliphatic carbocycles. The van der Waals surface area contributed by atoms with Gasteiger partial charge in [0.05, 0.1) is 46.4 Å². The Hall–Kier alpha value is -5.29. The summed E-state index contributed by atoms with van der Waals surface area (Å²) >= 11 is 1.60. The Balaban J connectivity index is 1.11. The van der Waals surface area contributed by atoms with E-state index in [1.165, 1.54) is 35.1 Å². The quantitative estimate of drug-likeness (QED) is 0.157. The Morgan fingerprint density at radius 1 is 1.02 bits per heavy atom. The summed E-state index contributed by atoms with van der Waals surface area (Å²) in [7, 11) is 1.72. The molecule has 2 N–H and O–H groups in total. The topological polar surface area (TPSA) is 126 Å². The van der Waals surface area contributed by atoms with Crippen molar-refractivity contribution in [2.75, 3.05) is 19.0 Å². The normalized spacial score (nSPS) is 19.1. The Morgan fingerprint density at radius 2 is 1.90 bits per heavy atom. The fourth-order valence-electron chi connectivity index (χ4n) is 8.52. The van der Waals surface area contributed by atoms with Gasteiger partial charge in [-0.3, -0.25) is 19.3 Å². The van der Waals surface area contributed by atoms with Gasteiger partial charge >= 0.3 is 5.76 Å². The predicted octanol–water partition coefficient (Wildman–Crippen LogP) is 7.76. The zero-order chi connectivity index (χ0) is 34.2. The van der Waals surface area contributed by atoms with Gasteiger partial charge in [-0.05, 0) is 103 Å². The van der Waals surface area contributed by atoms with Crippen molar-refractivity contribution < 1.29 is 14.1 Å². The minimum atomic E-state index is -0.648. The number of aromatic amines is 1. The van der Waals surface area contributed by atoms with Crippen LogP contribution in [-0.4, -0.2) is 44.6 Å². The summed E-state index contributed by atoms with van der Waals surface area (Å²) in [5.74, 6) is 2.04. The molecule has 10 nitrogen and oxygen atoms in total. The van der Waals surface area contributed by atoms with Crippen LogP contribution in [0.1, 0.15) is 94.1 Å². The molecule has 2 aliphatic heterocycles. The Bertz CT molecular complexity index is 2410. The average molecular weight is 697 g/mol. The van der Waals surface area contributed by atoms with E-state index in [-0.39, 0.29) is 23.8 Å². The lowest BCUT2D eigenvalue weighted by atomic mass is 9.92. The lowest BCUT2D eigenvalue weighted by molar-refractivity contribution is 0.0776. The number of carbonyl (C=O) groups excluding carboxylic acids is 1. The zero-order valence-electron chi connectivity index (χ0n) is 28.2. The van der Waals surface area contributed by atoms with Gasteiger partial charge in [0, 0.05) is 23.2 Å². The van der Waals surface area contributed by atoms with Crippen LogP contribution in [0.25, 0.3) is 31.9 Å². The first-order chi connectivity index (χ1) is 25.0. The van der Waals surface area contributed by atoms with Gasteiger partial charge in [-0.25, -0.2) is 9.78 Å². The number of carbonyl (C=O) groups is 1. The highest BCUT2D eigenvalue weighted by Crippen LogP contribution is 2.50. The molecule has 256 valence electrons. The first-order valence-electron chi connectivity index (χ1n) is 17.9. The molecule has 0 spiro atoms. The maximum atomic E-state index is 14.3. The molecule has 2 aromatic carbocycles. The third-order valence-corrected chi connectivity index (χ3v) is 12.3. The van der Waals surface area contributed by atoms with Gasteiger partial charge in [-0.2, -0.15) is 0 Å². The minimum absolute atomic E-state index is 0.0188. The molecule has 0 radical (unpaired) electrons. The molecule has 51 heavy (non-hydrogen) atoms. The molecule has 10 rings (SSSR count). The Labute approximate surface area is 297 Å². The largest absolute Gasteiger partial charge is 0.496 e. The smallest absolute Gasteiger partial charge is 0.439 e. The predicted molar refractivity (Wildman–Crippen MR) is 195 cm³/mol. The van der Waals surface area contributed by atoms with Gasteiger partial charge in [-0.1, -0.05) is 41.6 Å². The van der Waals surface area contributed by atoms with E-state index in [1.807, 2.05) is 29.3 Å². The minimum Gasteiger partial charge on any atom is -0.496 e. The van der Waals surface area contributed by atoms with E-state index in [0.29, 0.717) is 30.0 Å². The lowest BCUT2D eigenvalue weighted by Crippen LogP contribution is -2.22. The van der Waals surface area contributed by atoms with Gasteiger partial charge < -0.3 is 15.0 Å². The van der Waals surface area contributed by atoms with E-state index in [2.05, 4.69) is 51.9 Å². The monoisotopic (exact) mass is 696 g/mol. The van der Waals surface area contributed by atoms with E-state index in [4.69, 9.17) is 19.2 Å². The molecule has 1 saturated carbocycles. The van der Waals surface area contributed by atoms with Gasteiger partial charge in [0.1, 0.15) is 11.6 Å². The van der Waals surface area contributed by atoms with Gasteiger partial charge in [0.25, 0.3) is 5.91 Å². The average Bonchev–Trinajstić information content (AvgIpc) is 3.55. The molecule has 0 unspecified atom stereocenters.